The molecule has 5 heteroatoms. The van der Waals surface area contributed by atoms with Gasteiger partial charge in [0.15, 0.2) is 0 Å². The van der Waals surface area contributed by atoms with Gasteiger partial charge >= 0.3 is 0 Å². The number of rotatable bonds is 2. The maximum Gasteiger partial charge on any atom is 0.249 e. The minimum Gasteiger partial charge on any atom is -0.397 e. The largest absolute Gasteiger partial charge is 0.397 e. The molecule has 1 saturated heterocycles. The fourth-order valence-electron chi connectivity index (χ4n) is 2.18. The van der Waals surface area contributed by atoms with Crippen molar-refractivity contribution in [3.8, 4) is 0 Å². The minimum atomic E-state index is -2.62. The lowest BCUT2D eigenvalue weighted by Gasteiger charge is -2.36. The average Bonchev–Trinajstić information content (AvgIpc) is 2.29. The van der Waals surface area contributed by atoms with Crippen molar-refractivity contribution in [3.05, 3.63) is 18.3 Å². The van der Waals surface area contributed by atoms with E-state index in [0.717, 1.165) is 25.7 Å². The molecule has 94 valence electrons. The first-order chi connectivity index (χ1) is 7.97. The van der Waals surface area contributed by atoms with Crippen molar-refractivity contribution in [2.75, 3.05) is 23.7 Å². The van der Waals surface area contributed by atoms with Gasteiger partial charge in [-0.1, -0.05) is 0 Å². The lowest BCUT2D eigenvalue weighted by molar-refractivity contribution is -0.0440. The minimum absolute atomic E-state index is 0.362. The lowest BCUT2D eigenvalue weighted by atomic mass is 9.92. The molecule has 2 heterocycles. The Hall–Kier alpha value is -1.39. The predicted octanol–water partition coefficient (Wildman–Crippen LogP) is 2.54. The molecule has 2 N–H and O–H groups in total. The van der Waals surface area contributed by atoms with Gasteiger partial charge in [0.1, 0.15) is 5.82 Å². The van der Waals surface area contributed by atoms with Crippen LogP contribution in [-0.2, 0) is 0 Å². The van der Waals surface area contributed by atoms with Gasteiger partial charge in [0.2, 0.25) is 5.92 Å². The van der Waals surface area contributed by atoms with Gasteiger partial charge in [0.05, 0.1) is 11.9 Å². The number of piperidine rings is 1. The first-order valence-electron chi connectivity index (χ1n) is 5.81. The van der Waals surface area contributed by atoms with Gasteiger partial charge in [-0.25, -0.2) is 13.8 Å². The summed E-state index contributed by atoms with van der Waals surface area (Å²) in [4.78, 5) is 6.08. The Morgan fingerprint density at radius 1 is 1.47 bits per heavy atom. The number of pyridine rings is 1. The van der Waals surface area contributed by atoms with Crippen molar-refractivity contribution in [3.63, 3.8) is 0 Å². The van der Waals surface area contributed by atoms with E-state index < -0.39 is 11.8 Å². The molecule has 0 aliphatic carbocycles. The standard InChI is InChI=1S/C12H17F2N3/c1-12(13,14)9-3-2-6-17(8-9)11-5-4-10(15)7-16-11/h4-5,7,9H,2-3,6,8,15H2,1H3. The maximum atomic E-state index is 13.3. The summed E-state index contributed by atoms with van der Waals surface area (Å²) in [5.41, 5.74) is 6.14. The Balaban J connectivity index is 2.09. The third-order valence-corrected chi connectivity index (χ3v) is 3.23. The van der Waals surface area contributed by atoms with E-state index in [1.807, 2.05) is 4.90 Å². The zero-order valence-electron chi connectivity index (χ0n) is 9.87. The molecule has 0 amide bonds. The summed E-state index contributed by atoms with van der Waals surface area (Å²) >= 11 is 0. The number of aromatic nitrogens is 1. The Labute approximate surface area is 99.6 Å². The van der Waals surface area contributed by atoms with E-state index >= 15 is 0 Å². The molecule has 0 saturated carbocycles. The Morgan fingerprint density at radius 2 is 2.24 bits per heavy atom. The van der Waals surface area contributed by atoms with E-state index in [9.17, 15) is 8.78 Å². The van der Waals surface area contributed by atoms with Gasteiger partial charge in [-0.2, -0.15) is 0 Å². The molecule has 1 fully saturated rings. The van der Waals surface area contributed by atoms with Gasteiger partial charge in [-0.3, -0.25) is 0 Å². The van der Waals surface area contributed by atoms with Gasteiger partial charge in [0.25, 0.3) is 0 Å². The van der Waals surface area contributed by atoms with Gasteiger partial charge in [-0.15, -0.1) is 0 Å². The number of nitrogen functional groups attached to an aromatic ring is 1. The highest BCUT2D eigenvalue weighted by molar-refractivity contribution is 5.46. The number of hydrogen-bond acceptors (Lipinski definition) is 3. The summed E-state index contributed by atoms with van der Waals surface area (Å²) in [7, 11) is 0. The van der Waals surface area contributed by atoms with Crippen LogP contribution >= 0.6 is 0 Å². The van der Waals surface area contributed by atoms with Crippen LogP contribution in [-0.4, -0.2) is 24.0 Å². The molecule has 0 radical (unpaired) electrons. The number of halogens is 2. The van der Waals surface area contributed by atoms with Crippen LogP contribution in [0.1, 0.15) is 19.8 Å². The quantitative estimate of drug-likeness (QED) is 0.865. The molecule has 1 aromatic rings. The van der Waals surface area contributed by atoms with Crippen LogP contribution in [0.3, 0.4) is 0 Å². The highest BCUT2D eigenvalue weighted by Crippen LogP contribution is 2.32. The zero-order valence-corrected chi connectivity index (χ0v) is 9.87. The highest BCUT2D eigenvalue weighted by Gasteiger charge is 2.37. The van der Waals surface area contributed by atoms with E-state index in [0.29, 0.717) is 18.7 Å². The summed E-state index contributed by atoms with van der Waals surface area (Å²) in [6, 6.07) is 3.53. The molecule has 1 aromatic heterocycles. The van der Waals surface area contributed by atoms with E-state index in [1.54, 1.807) is 18.3 Å². The molecular formula is C12H17F2N3. The normalized spacial score (nSPS) is 21.6. The molecule has 17 heavy (non-hydrogen) atoms. The third kappa shape index (κ3) is 2.84. The fraction of sp³-hybridized carbons (Fsp3) is 0.583. The highest BCUT2D eigenvalue weighted by atomic mass is 19.3. The van der Waals surface area contributed by atoms with Crippen LogP contribution < -0.4 is 10.6 Å². The van der Waals surface area contributed by atoms with Crippen LogP contribution in [0.4, 0.5) is 20.3 Å². The molecule has 0 spiro atoms. The van der Waals surface area contributed by atoms with Crippen molar-refractivity contribution in [1.82, 2.24) is 4.98 Å². The average molecular weight is 241 g/mol. The Morgan fingerprint density at radius 3 is 2.82 bits per heavy atom. The SMILES string of the molecule is CC(F)(F)C1CCCN(c2ccc(N)cn2)C1. The van der Waals surface area contributed by atoms with Gasteiger partial charge < -0.3 is 10.6 Å². The fourth-order valence-corrected chi connectivity index (χ4v) is 2.18. The second-order valence-corrected chi connectivity index (χ2v) is 4.69. The van der Waals surface area contributed by atoms with Crippen LogP contribution in [0, 0.1) is 5.92 Å². The molecule has 1 aliphatic rings. The predicted molar refractivity (Wildman–Crippen MR) is 64.2 cm³/mol. The summed E-state index contributed by atoms with van der Waals surface area (Å²) < 4.78 is 26.6. The smallest absolute Gasteiger partial charge is 0.249 e. The molecule has 1 atom stereocenters. The molecule has 3 nitrogen and oxygen atoms in total. The van der Waals surface area contributed by atoms with Crippen molar-refractivity contribution >= 4 is 11.5 Å². The van der Waals surface area contributed by atoms with Gasteiger partial charge in [0, 0.05) is 19.0 Å². The summed E-state index contributed by atoms with van der Waals surface area (Å²) in [5, 5.41) is 0. The maximum absolute atomic E-state index is 13.3. The van der Waals surface area contributed by atoms with Crippen LogP contribution in [0.15, 0.2) is 18.3 Å². The molecule has 1 aliphatic heterocycles. The molecule has 0 bridgehead atoms. The van der Waals surface area contributed by atoms with Crippen LogP contribution in [0.5, 0.6) is 0 Å². The summed E-state index contributed by atoms with van der Waals surface area (Å²) in [6.07, 6.45) is 2.91. The number of nitrogens with two attached hydrogens (primary N) is 1. The van der Waals surface area contributed by atoms with E-state index in [-0.39, 0.29) is 0 Å². The van der Waals surface area contributed by atoms with E-state index in [2.05, 4.69) is 4.98 Å². The summed E-state index contributed by atoms with van der Waals surface area (Å²) in [6.45, 7) is 2.14. The van der Waals surface area contributed by atoms with Crippen molar-refractivity contribution in [1.29, 1.82) is 0 Å². The zero-order chi connectivity index (χ0) is 12.5. The third-order valence-electron chi connectivity index (χ3n) is 3.23. The van der Waals surface area contributed by atoms with Crippen LogP contribution in [0.2, 0.25) is 0 Å². The topological polar surface area (TPSA) is 42.1 Å². The number of alkyl halides is 2. The monoisotopic (exact) mass is 241 g/mol. The first-order valence-corrected chi connectivity index (χ1v) is 5.81. The molecule has 0 aromatic carbocycles. The Bertz CT molecular complexity index is 372. The van der Waals surface area contributed by atoms with Crippen LogP contribution in [0.25, 0.3) is 0 Å². The second-order valence-electron chi connectivity index (χ2n) is 4.69. The Kier molecular flexibility index (Phi) is 3.17. The van der Waals surface area contributed by atoms with E-state index in [4.69, 9.17) is 5.73 Å². The van der Waals surface area contributed by atoms with Crippen molar-refractivity contribution in [2.24, 2.45) is 5.92 Å². The van der Waals surface area contributed by atoms with E-state index in [1.165, 1.54) is 0 Å². The number of nitrogens with zero attached hydrogens (tertiary/aromatic N) is 2. The second kappa shape index (κ2) is 4.47. The van der Waals surface area contributed by atoms with Crippen molar-refractivity contribution < 1.29 is 8.78 Å². The van der Waals surface area contributed by atoms with Gasteiger partial charge in [-0.05, 0) is 31.9 Å². The molecule has 2 rings (SSSR count). The number of hydrogen-bond donors (Lipinski definition) is 1. The summed E-state index contributed by atoms with van der Waals surface area (Å²) in [5.74, 6) is -2.48. The van der Waals surface area contributed by atoms with Crippen molar-refractivity contribution in [2.45, 2.75) is 25.7 Å². The lowest BCUT2D eigenvalue weighted by Crippen LogP contribution is -2.42. The molecule has 1 unspecified atom stereocenters. The first kappa shape index (κ1) is 12.1. The molecular weight excluding hydrogens is 224 g/mol. The number of anilines is 2.